The van der Waals surface area contributed by atoms with Gasteiger partial charge < -0.3 is 29.0 Å². The van der Waals surface area contributed by atoms with E-state index in [-0.39, 0.29) is 18.9 Å². The second kappa shape index (κ2) is 8.38. The van der Waals surface area contributed by atoms with Crippen LogP contribution >= 0.6 is 0 Å². The largest absolute Gasteiger partial charge is 0.493 e. The van der Waals surface area contributed by atoms with E-state index in [0.717, 1.165) is 21.7 Å². The molecule has 0 unspecified atom stereocenters. The topological polar surface area (TPSA) is 100 Å². The number of fused-ring (bicyclic) bond motifs is 3. The van der Waals surface area contributed by atoms with Gasteiger partial charge in [0.15, 0.2) is 11.5 Å². The van der Waals surface area contributed by atoms with Crippen molar-refractivity contribution in [2.45, 2.75) is 12.2 Å². The number of benzene rings is 3. The van der Waals surface area contributed by atoms with Crippen LogP contribution in [0, 0.1) is 0 Å². The monoisotopic (exact) mass is 473 g/mol. The molecule has 2 N–H and O–H groups in total. The van der Waals surface area contributed by atoms with E-state index in [1.807, 2.05) is 42.5 Å². The minimum absolute atomic E-state index is 0.192. The highest BCUT2D eigenvalue weighted by molar-refractivity contribution is 6.07. The Hall–Kier alpha value is -3.92. The van der Waals surface area contributed by atoms with Crippen molar-refractivity contribution < 1.29 is 28.5 Å². The highest BCUT2D eigenvalue weighted by atomic mass is 16.9. The summed E-state index contributed by atoms with van der Waals surface area (Å²) >= 11 is 0. The highest BCUT2D eigenvalue weighted by Gasteiger charge is 2.53. The van der Waals surface area contributed by atoms with Gasteiger partial charge in [-0.05, 0) is 47.2 Å². The summed E-state index contributed by atoms with van der Waals surface area (Å²) in [5.74, 6) is 1.50. The summed E-state index contributed by atoms with van der Waals surface area (Å²) in [6.45, 7) is 0.826. The molecule has 3 saturated heterocycles. The smallest absolute Gasteiger partial charge is 0.252 e. The van der Waals surface area contributed by atoms with E-state index in [0.29, 0.717) is 35.1 Å². The number of nitrogens with zero attached hydrogens (tertiary/aromatic N) is 1. The number of carbonyl (C=O) groups is 1. The van der Waals surface area contributed by atoms with Crippen molar-refractivity contribution in [3.63, 3.8) is 0 Å². The van der Waals surface area contributed by atoms with Gasteiger partial charge in [-0.1, -0.05) is 12.1 Å². The summed E-state index contributed by atoms with van der Waals surface area (Å²) in [5.41, 5.74) is 1.29. The quantitative estimate of drug-likeness (QED) is 0.420. The number of rotatable bonds is 7. The van der Waals surface area contributed by atoms with Crippen LogP contribution in [-0.2, 0) is 9.47 Å². The number of pyridine rings is 1. The molecule has 4 heterocycles. The number of carbonyl (C=O) groups excluding carboxylic acids is 1. The standard InChI is InChI=1S/C26H23N3O6/c1-31-22-11-19-20(12-23(22)32-2)27-9-8-21(19)33-16-6-7-17-15(10-16)4-3-5-18(17)24(30)28-13-26-14-29-25(34-26)35-26/h3-12,25,29H,13-14H2,1-2H3,(H,28,30). The Balaban J connectivity index is 1.27. The van der Waals surface area contributed by atoms with Crippen LogP contribution in [0.3, 0.4) is 0 Å². The molecule has 4 aromatic rings. The van der Waals surface area contributed by atoms with Gasteiger partial charge in [0.25, 0.3) is 5.91 Å². The minimum Gasteiger partial charge on any atom is -0.493 e. The van der Waals surface area contributed by atoms with Crippen molar-refractivity contribution in [2.24, 2.45) is 0 Å². The first kappa shape index (κ1) is 21.6. The maximum Gasteiger partial charge on any atom is 0.252 e. The van der Waals surface area contributed by atoms with Gasteiger partial charge in [0.2, 0.25) is 12.2 Å². The van der Waals surface area contributed by atoms with Gasteiger partial charge in [-0.25, -0.2) is 0 Å². The third-order valence-corrected chi connectivity index (χ3v) is 6.23. The van der Waals surface area contributed by atoms with Crippen LogP contribution in [0.1, 0.15) is 10.4 Å². The number of nitrogens with one attached hydrogen (secondary N) is 2. The predicted octanol–water partition coefficient (Wildman–Crippen LogP) is 3.56. The van der Waals surface area contributed by atoms with E-state index in [2.05, 4.69) is 15.6 Å². The minimum atomic E-state index is -0.758. The summed E-state index contributed by atoms with van der Waals surface area (Å²) in [4.78, 5) is 17.3. The summed E-state index contributed by atoms with van der Waals surface area (Å²) in [5, 5.41) is 8.46. The Morgan fingerprint density at radius 1 is 1.06 bits per heavy atom. The SMILES string of the molecule is COc1cc2nccc(Oc3ccc4c(C(=O)NCC56CNC(O5)O6)cccc4c3)c2cc1OC. The number of ether oxygens (including phenoxy) is 5. The predicted molar refractivity (Wildman–Crippen MR) is 128 cm³/mol. The van der Waals surface area contributed by atoms with E-state index in [9.17, 15) is 4.79 Å². The van der Waals surface area contributed by atoms with Crippen LogP contribution in [0.2, 0.25) is 0 Å². The molecule has 7 rings (SSSR count). The average Bonchev–Trinajstić information content (AvgIpc) is 3.48. The molecular weight excluding hydrogens is 450 g/mol. The molecule has 3 aromatic carbocycles. The van der Waals surface area contributed by atoms with E-state index >= 15 is 0 Å². The highest BCUT2D eigenvalue weighted by Crippen LogP contribution is 2.37. The Labute approximate surface area is 200 Å². The van der Waals surface area contributed by atoms with Crippen molar-refractivity contribution in [3.05, 3.63) is 66.4 Å². The van der Waals surface area contributed by atoms with Crippen LogP contribution in [0.5, 0.6) is 23.0 Å². The lowest BCUT2D eigenvalue weighted by molar-refractivity contribution is -0.404. The average molecular weight is 473 g/mol. The first-order valence-corrected chi connectivity index (χ1v) is 11.2. The molecule has 9 heteroatoms. The third-order valence-electron chi connectivity index (χ3n) is 6.23. The maximum atomic E-state index is 12.9. The maximum absolute atomic E-state index is 12.9. The van der Waals surface area contributed by atoms with Gasteiger partial charge in [0.05, 0.1) is 32.8 Å². The van der Waals surface area contributed by atoms with Crippen molar-refractivity contribution in [1.82, 2.24) is 15.6 Å². The molecule has 0 saturated carbocycles. The van der Waals surface area contributed by atoms with Crippen LogP contribution in [0.4, 0.5) is 0 Å². The van der Waals surface area contributed by atoms with Crippen LogP contribution < -0.4 is 24.8 Å². The lowest BCUT2D eigenvalue weighted by Gasteiger charge is -2.36. The van der Waals surface area contributed by atoms with Crippen molar-refractivity contribution in [2.75, 3.05) is 27.3 Å². The first-order valence-electron chi connectivity index (χ1n) is 11.2. The molecule has 0 atom stereocenters. The molecular formula is C26H23N3O6. The zero-order chi connectivity index (χ0) is 24.0. The lowest BCUT2D eigenvalue weighted by atomic mass is 10.0. The fourth-order valence-corrected chi connectivity index (χ4v) is 4.45. The zero-order valence-electron chi connectivity index (χ0n) is 19.2. The molecule has 9 nitrogen and oxygen atoms in total. The molecule has 3 aliphatic rings. The van der Waals surface area contributed by atoms with Gasteiger partial charge in [0, 0.05) is 23.2 Å². The van der Waals surface area contributed by atoms with E-state index < -0.39 is 5.79 Å². The van der Waals surface area contributed by atoms with Crippen molar-refractivity contribution in [1.29, 1.82) is 0 Å². The fraction of sp³-hybridized carbons (Fsp3) is 0.231. The normalized spacial score (nSPS) is 20.5. The molecule has 1 amide bonds. The van der Waals surface area contributed by atoms with Crippen molar-refractivity contribution >= 4 is 27.6 Å². The third kappa shape index (κ3) is 3.79. The molecule has 3 fully saturated rings. The molecule has 0 radical (unpaired) electrons. The number of hydrogen-bond donors (Lipinski definition) is 2. The number of aromatic nitrogens is 1. The van der Waals surface area contributed by atoms with Gasteiger partial charge in [0.1, 0.15) is 11.5 Å². The fourth-order valence-electron chi connectivity index (χ4n) is 4.45. The number of amides is 1. The first-order chi connectivity index (χ1) is 17.1. The van der Waals surface area contributed by atoms with Gasteiger partial charge >= 0.3 is 0 Å². The van der Waals surface area contributed by atoms with Crippen molar-refractivity contribution in [3.8, 4) is 23.0 Å². The van der Waals surface area contributed by atoms with E-state index in [1.165, 1.54) is 0 Å². The molecule has 35 heavy (non-hydrogen) atoms. The summed E-state index contributed by atoms with van der Waals surface area (Å²) < 4.78 is 28.2. The van der Waals surface area contributed by atoms with Gasteiger partial charge in [-0.2, -0.15) is 0 Å². The number of hydrogen-bond acceptors (Lipinski definition) is 8. The molecule has 1 aromatic heterocycles. The Morgan fingerprint density at radius 3 is 2.66 bits per heavy atom. The zero-order valence-corrected chi connectivity index (χ0v) is 19.2. The summed E-state index contributed by atoms with van der Waals surface area (Å²) in [7, 11) is 3.17. The van der Waals surface area contributed by atoms with E-state index in [1.54, 1.807) is 32.5 Å². The van der Waals surface area contributed by atoms with Crippen LogP contribution in [-0.4, -0.2) is 50.4 Å². The molecule has 3 aliphatic heterocycles. The molecule has 2 bridgehead atoms. The van der Waals surface area contributed by atoms with Crippen LogP contribution in [0.15, 0.2) is 60.8 Å². The van der Waals surface area contributed by atoms with E-state index in [4.69, 9.17) is 23.7 Å². The Kier molecular flexibility index (Phi) is 5.18. The number of methoxy groups -OCH3 is 2. The van der Waals surface area contributed by atoms with Gasteiger partial charge in [-0.15, -0.1) is 0 Å². The molecule has 0 aliphatic carbocycles. The second-order valence-electron chi connectivity index (χ2n) is 8.37. The Morgan fingerprint density at radius 2 is 1.89 bits per heavy atom. The van der Waals surface area contributed by atoms with Gasteiger partial charge in [-0.3, -0.25) is 15.1 Å². The second-order valence-corrected chi connectivity index (χ2v) is 8.37. The summed E-state index contributed by atoms with van der Waals surface area (Å²) in [6, 6.07) is 16.7. The lowest BCUT2D eigenvalue weighted by Crippen LogP contribution is -2.54. The van der Waals surface area contributed by atoms with Crippen LogP contribution in [0.25, 0.3) is 21.7 Å². The summed E-state index contributed by atoms with van der Waals surface area (Å²) in [6.07, 6.45) is 1.33. The Bertz CT molecular complexity index is 1440. The molecule has 178 valence electrons. The molecule has 0 spiro atoms.